The molecule has 27 heavy (non-hydrogen) atoms. The molecule has 0 unspecified atom stereocenters. The fourth-order valence-electron chi connectivity index (χ4n) is 4.55. The van der Waals surface area contributed by atoms with E-state index in [1.165, 1.54) is 6.07 Å². The molecular formula is C22H25FN2O2. The van der Waals surface area contributed by atoms with E-state index in [1.54, 1.807) is 18.2 Å². The second-order valence-electron chi connectivity index (χ2n) is 7.64. The van der Waals surface area contributed by atoms with Crippen molar-refractivity contribution in [1.29, 1.82) is 0 Å². The van der Waals surface area contributed by atoms with Crippen LogP contribution in [0.4, 0.5) is 4.39 Å². The van der Waals surface area contributed by atoms with Crippen molar-refractivity contribution >= 4 is 11.7 Å². The van der Waals surface area contributed by atoms with Crippen molar-refractivity contribution in [3.05, 3.63) is 58.2 Å². The van der Waals surface area contributed by atoms with E-state index in [-0.39, 0.29) is 17.5 Å². The van der Waals surface area contributed by atoms with Crippen molar-refractivity contribution in [2.75, 3.05) is 13.1 Å². The van der Waals surface area contributed by atoms with E-state index in [0.717, 1.165) is 56.6 Å². The van der Waals surface area contributed by atoms with Gasteiger partial charge in [-0.3, -0.25) is 9.59 Å². The van der Waals surface area contributed by atoms with Crippen molar-refractivity contribution in [3.8, 4) is 0 Å². The molecule has 1 fully saturated rings. The lowest BCUT2D eigenvalue weighted by atomic mass is 9.74. The first kappa shape index (κ1) is 18.0. The van der Waals surface area contributed by atoms with Gasteiger partial charge in [0.05, 0.1) is 0 Å². The standard InChI is InChI=1S/C22H25FN2O2/c1-14-19(22(27)25-12-5-2-6-13-25)20(15-8-3-4-9-16(15)23)21-17(24-14)10-7-11-18(21)26/h3-4,8-9,20,24H,2,5-7,10-13H2,1H3/t20-/m1/s1. The first-order valence-electron chi connectivity index (χ1n) is 9.85. The Kier molecular flexibility index (Phi) is 4.85. The molecule has 1 amide bonds. The van der Waals surface area contributed by atoms with Crippen molar-refractivity contribution in [2.45, 2.75) is 51.4 Å². The highest BCUT2D eigenvalue weighted by Gasteiger charge is 2.40. The molecule has 1 saturated heterocycles. The van der Waals surface area contributed by atoms with Crippen LogP contribution in [0.3, 0.4) is 0 Å². The van der Waals surface area contributed by atoms with Gasteiger partial charge in [-0.05, 0) is 45.1 Å². The molecule has 2 heterocycles. The predicted octanol–water partition coefficient (Wildman–Crippen LogP) is 3.81. The van der Waals surface area contributed by atoms with Crippen LogP contribution in [-0.4, -0.2) is 29.7 Å². The molecule has 4 nitrogen and oxygen atoms in total. The Balaban J connectivity index is 1.84. The molecule has 1 aliphatic carbocycles. The molecule has 0 spiro atoms. The smallest absolute Gasteiger partial charge is 0.252 e. The van der Waals surface area contributed by atoms with Gasteiger partial charge < -0.3 is 10.2 Å². The molecule has 1 atom stereocenters. The molecule has 1 N–H and O–H groups in total. The summed E-state index contributed by atoms with van der Waals surface area (Å²) in [5.74, 6) is -1.04. The molecule has 0 saturated carbocycles. The summed E-state index contributed by atoms with van der Waals surface area (Å²) in [5.41, 5.74) is 3.12. The number of hydrogen-bond donors (Lipinski definition) is 1. The van der Waals surface area contributed by atoms with Gasteiger partial charge in [-0.15, -0.1) is 0 Å². The van der Waals surface area contributed by atoms with E-state index in [2.05, 4.69) is 5.32 Å². The zero-order chi connectivity index (χ0) is 19.0. The number of hydrogen-bond acceptors (Lipinski definition) is 3. The fraction of sp³-hybridized carbons (Fsp3) is 0.455. The lowest BCUT2D eigenvalue weighted by Gasteiger charge is -2.37. The van der Waals surface area contributed by atoms with Crippen LogP contribution in [0.5, 0.6) is 0 Å². The molecule has 0 radical (unpaired) electrons. The van der Waals surface area contributed by atoms with Gasteiger partial charge in [0, 0.05) is 53.5 Å². The number of allylic oxidation sites excluding steroid dienone is 3. The highest BCUT2D eigenvalue weighted by atomic mass is 19.1. The number of piperidine rings is 1. The Morgan fingerprint density at radius 1 is 1.11 bits per heavy atom. The largest absolute Gasteiger partial charge is 0.362 e. The summed E-state index contributed by atoms with van der Waals surface area (Å²) in [4.78, 5) is 28.1. The molecule has 0 bridgehead atoms. The summed E-state index contributed by atoms with van der Waals surface area (Å²) in [5, 5.41) is 3.31. The Labute approximate surface area is 159 Å². The lowest BCUT2D eigenvalue weighted by Crippen LogP contribution is -2.42. The molecule has 5 heteroatoms. The topological polar surface area (TPSA) is 49.4 Å². The van der Waals surface area contributed by atoms with Crippen molar-refractivity contribution < 1.29 is 14.0 Å². The molecule has 4 rings (SSSR count). The Morgan fingerprint density at radius 2 is 1.85 bits per heavy atom. The normalized spacial score (nSPS) is 23.3. The summed E-state index contributed by atoms with van der Waals surface area (Å²) in [6.45, 7) is 3.31. The molecule has 2 aliphatic heterocycles. The third-order valence-corrected chi connectivity index (χ3v) is 5.87. The van der Waals surface area contributed by atoms with E-state index in [9.17, 15) is 14.0 Å². The van der Waals surface area contributed by atoms with Gasteiger partial charge in [0.25, 0.3) is 5.91 Å². The summed E-state index contributed by atoms with van der Waals surface area (Å²) >= 11 is 0. The second-order valence-corrected chi connectivity index (χ2v) is 7.64. The number of benzene rings is 1. The van der Waals surface area contributed by atoms with Crippen LogP contribution >= 0.6 is 0 Å². The van der Waals surface area contributed by atoms with E-state index in [4.69, 9.17) is 0 Å². The van der Waals surface area contributed by atoms with Crippen LogP contribution < -0.4 is 5.32 Å². The number of dihydropyridines is 1. The average Bonchev–Trinajstić information content (AvgIpc) is 2.68. The van der Waals surface area contributed by atoms with Crippen LogP contribution in [0.25, 0.3) is 0 Å². The van der Waals surface area contributed by atoms with Gasteiger partial charge in [-0.2, -0.15) is 0 Å². The number of nitrogens with one attached hydrogen (secondary N) is 1. The summed E-state index contributed by atoms with van der Waals surface area (Å²) < 4.78 is 14.8. The minimum Gasteiger partial charge on any atom is -0.362 e. The average molecular weight is 368 g/mol. The first-order chi connectivity index (χ1) is 13.1. The fourth-order valence-corrected chi connectivity index (χ4v) is 4.55. The monoisotopic (exact) mass is 368 g/mol. The number of halogens is 1. The highest BCUT2D eigenvalue weighted by molar-refractivity contribution is 6.05. The quantitative estimate of drug-likeness (QED) is 0.864. The Bertz CT molecular complexity index is 850. The van der Waals surface area contributed by atoms with E-state index >= 15 is 0 Å². The third kappa shape index (κ3) is 3.20. The van der Waals surface area contributed by atoms with Gasteiger partial charge >= 0.3 is 0 Å². The minimum atomic E-state index is -0.621. The van der Waals surface area contributed by atoms with E-state index < -0.39 is 5.92 Å². The highest BCUT2D eigenvalue weighted by Crippen LogP contribution is 2.43. The van der Waals surface area contributed by atoms with Crippen LogP contribution in [0.15, 0.2) is 46.8 Å². The Hall–Kier alpha value is -2.43. The van der Waals surface area contributed by atoms with Crippen LogP contribution in [0.2, 0.25) is 0 Å². The number of carbonyl (C=O) groups is 2. The lowest BCUT2D eigenvalue weighted by molar-refractivity contribution is -0.128. The van der Waals surface area contributed by atoms with Crippen molar-refractivity contribution in [2.24, 2.45) is 0 Å². The molecule has 142 valence electrons. The van der Waals surface area contributed by atoms with Gasteiger partial charge in [0.2, 0.25) is 0 Å². The molecule has 1 aromatic carbocycles. The zero-order valence-corrected chi connectivity index (χ0v) is 15.7. The maximum atomic E-state index is 14.8. The number of nitrogens with zero attached hydrogens (tertiary/aromatic N) is 1. The molecule has 0 aromatic heterocycles. The van der Waals surface area contributed by atoms with E-state index in [0.29, 0.717) is 23.1 Å². The van der Waals surface area contributed by atoms with Crippen LogP contribution in [0.1, 0.15) is 56.9 Å². The number of ketones is 1. The SMILES string of the molecule is CC1=C(C(=O)N2CCCCC2)[C@@H](c2ccccc2F)C2=C(CCCC2=O)N1. The number of carbonyl (C=O) groups excluding carboxylic acids is 2. The summed E-state index contributed by atoms with van der Waals surface area (Å²) in [7, 11) is 0. The number of Topliss-reactive ketones (excluding diaryl/α,β-unsaturated/α-hetero) is 1. The molecule has 3 aliphatic rings. The number of likely N-dealkylation sites (tertiary alicyclic amines) is 1. The summed E-state index contributed by atoms with van der Waals surface area (Å²) in [6.07, 6.45) is 5.11. The van der Waals surface area contributed by atoms with E-state index in [1.807, 2.05) is 11.8 Å². The van der Waals surface area contributed by atoms with Gasteiger partial charge in [-0.25, -0.2) is 4.39 Å². The number of amides is 1. The maximum absolute atomic E-state index is 14.8. The first-order valence-corrected chi connectivity index (χ1v) is 9.85. The maximum Gasteiger partial charge on any atom is 0.252 e. The summed E-state index contributed by atoms with van der Waals surface area (Å²) in [6, 6.07) is 6.52. The Morgan fingerprint density at radius 3 is 2.59 bits per heavy atom. The van der Waals surface area contributed by atoms with Gasteiger partial charge in [0.1, 0.15) is 5.82 Å². The molecular weight excluding hydrogens is 343 g/mol. The van der Waals surface area contributed by atoms with Crippen molar-refractivity contribution in [1.82, 2.24) is 10.2 Å². The minimum absolute atomic E-state index is 0.0217. The zero-order valence-electron chi connectivity index (χ0n) is 15.7. The van der Waals surface area contributed by atoms with Gasteiger partial charge in [0.15, 0.2) is 5.78 Å². The predicted molar refractivity (Wildman–Crippen MR) is 101 cm³/mol. The van der Waals surface area contributed by atoms with Crippen LogP contribution in [0, 0.1) is 5.82 Å². The molecule has 1 aromatic rings. The van der Waals surface area contributed by atoms with Gasteiger partial charge in [-0.1, -0.05) is 18.2 Å². The number of rotatable bonds is 2. The second kappa shape index (κ2) is 7.29. The third-order valence-electron chi connectivity index (χ3n) is 5.87. The van der Waals surface area contributed by atoms with Crippen molar-refractivity contribution in [3.63, 3.8) is 0 Å². The van der Waals surface area contributed by atoms with Crippen LogP contribution in [-0.2, 0) is 9.59 Å².